The number of carboxylic acids is 1. The molecule has 1 heterocycles. The van der Waals surface area contributed by atoms with Crippen LogP contribution in [0.3, 0.4) is 0 Å². The third-order valence-corrected chi connectivity index (χ3v) is 2.96. The number of thioether (sulfide) groups is 1. The fraction of sp³-hybridized carbons (Fsp3) is 0.200. The number of fused-ring (bicyclic) bond motifs is 1. The van der Waals surface area contributed by atoms with Gasteiger partial charge in [0.1, 0.15) is 5.75 Å². The van der Waals surface area contributed by atoms with E-state index in [0.29, 0.717) is 16.8 Å². The number of rotatable bonds is 4. The van der Waals surface area contributed by atoms with Crippen molar-refractivity contribution in [2.75, 3.05) is 7.11 Å². The highest BCUT2D eigenvalue weighted by atomic mass is 32.2. The van der Waals surface area contributed by atoms with Crippen LogP contribution in [0.2, 0.25) is 0 Å². The Morgan fingerprint density at radius 3 is 2.89 bits per heavy atom. The third kappa shape index (κ3) is 2.37. The van der Waals surface area contributed by atoms with E-state index in [0.717, 1.165) is 0 Å². The Morgan fingerprint density at radius 1 is 1.56 bits per heavy atom. The molecule has 0 radical (unpaired) electrons. The van der Waals surface area contributed by atoms with Crippen LogP contribution in [0.5, 0.6) is 5.75 Å². The van der Waals surface area contributed by atoms with Crippen LogP contribution in [0.15, 0.2) is 23.4 Å². The Hall–Kier alpha value is -1.83. The van der Waals surface area contributed by atoms with Crippen molar-refractivity contribution in [1.29, 1.82) is 0 Å². The molecule has 8 heteroatoms. The summed E-state index contributed by atoms with van der Waals surface area (Å²) < 4.78 is 30.9. The molecule has 0 atom stereocenters. The first-order valence-electron chi connectivity index (χ1n) is 4.76. The van der Waals surface area contributed by atoms with Gasteiger partial charge in [-0.2, -0.15) is 8.78 Å². The molecule has 0 spiro atoms. The molecule has 0 saturated carbocycles. The Balaban J connectivity index is 2.33. The van der Waals surface area contributed by atoms with Crippen molar-refractivity contribution < 1.29 is 23.4 Å². The first kappa shape index (κ1) is 12.6. The molecule has 0 aliphatic carbocycles. The van der Waals surface area contributed by atoms with Crippen LogP contribution in [0.25, 0.3) is 11.0 Å². The number of aromatic amines is 1. The second kappa shape index (κ2) is 4.45. The Bertz CT molecular complexity index is 600. The number of imidazole rings is 1. The number of nitrogens with zero attached hydrogens (tertiary/aromatic N) is 1. The molecule has 2 N–H and O–H groups in total. The second-order valence-electron chi connectivity index (χ2n) is 3.35. The number of benzene rings is 1. The van der Waals surface area contributed by atoms with Gasteiger partial charge in [0.15, 0.2) is 5.16 Å². The minimum absolute atomic E-state index is 0.147. The summed E-state index contributed by atoms with van der Waals surface area (Å²) in [5.74, 6) is -1.65. The van der Waals surface area contributed by atoms with E-state index < -0.39 is 11.2 Å². The SMILES string of the molecule is COc1ccc2nc(SC(F)(F)C(=O)O)[nH]c2c1. The molecule has 1 aromatic heterocycles. The molecule has 96 valence electrons. The monoisotopic (exact) mass is 274 g/mol. The molecule has 0 aliphatic heterocycles. The molecule has 0 fully saturated rings. The lowest BCUT2D eigenvalue weighted by Crippen LogP contribution is -2.23. The van der Waals surface area contributed by atoms with Crippen LogP contribution >= 0.6 is 11.8 Å². The number of ether oxygens (including phenoxy) is 1. The van der Waals surface area contributed by atoms with Crippen molar-refractivity contribution in [3.63, 3.8) is 0 Å². The zero-order chi connectivity index (χ0) is 13.3. The fourth-order valence-electron chi connectivity index (χ4n) is 1.31. The van der Waals surface area contributed by atoms with E-state index in [1.54, 1.807) is 18.2 Å². The lowest BCUT2D eigenvalue weighted by Gasteiger charge is -2.06. The number of aliphatic carboxylic acids is 1. The molecule has 2 rings (SSSR count). The molecular weight excluding hydrogens is 266 g/mol. The summed E-state index contributed by atoms with van der Waals surface area (Å²) in [5, 5.41) is 4.25. The number of H-pyrrole nitrogens is 1. The second-order valence-corrected chi connectivity index (χ2v) is 4.45. The summed E-state index contributed by atoms with van der Waals surface area (Å²) in [6, 6.07) is 4.81. The number of alkyl halides is 2. The van der Waals surface area contributed by atoms with E-state index in [9.17, 15) is 13.6 Å². The molecule has 2 aromatic rings. The zero-order valence-corrected chi connectivity index (χ0v) is 9.92. The first-order chi connectivity index (χ1) is 8.42. The van der Waals surface area contributed by atoms with Crippen LogP contribution in [0.4, 0.5) is 8.78 Å². The van der Waals surface area contributed by atoms with Gasteiger partial charge >= 0.3 is 11.2 Å². The van der Waals surface area contributed by atoms with Gasteiger partial charge in [0.2, 0.25) is 0 Å². The summed E-state index contributed by atoms with van der Waals surface area (Å²) in [4.78, 5) is 16.8. The standard InChI is InChI=1S/C10H8F2N2O3S/c1-17-5-2-3-6-7(4-5)14-9(13-6)18-10(11,12)8(15)16/h2-4H,1H3,(H,13,14)(H,15,16). The number of halogens is 2. The van der Waals surface area contributed by atoms with E-state index in [2.05, 4.69) is 9.97 Å². The topological polar surface area (TPSA) is 75.2 Å². The van der Waals surface area contributed by atoms with Crippen molar-refractivity contribution in [3.8, 4) is 5.75 Å². The predicted molar refractivity (Wildman–Crippen MR) is 61.1 cm³/mol. The molecule has 18 heavy (non-hydrogen) atoms. The number of carbonyl (C=O) groups is 1. The smallest absolute Gasteiger partial charge is 0.395 e. The lowest BCUT2D eigenvalue weighted by molar-refractivity contribution is -0.152. The zero-order valence-electron chi connectivity index (χ0n) is 9.11. The van der Waals surface area contributed by atoms with E-state index >= 15 is 0 Å². The Labute approximate surface area is 104 Å². The number of carboxylic acid groups (broad SMARTS) is 1. The number of hydrogen-bond acceptors (Lipinski definition) is 4. The minimum Gasteiger partial charge on any atom is -0.497 e. The summed E-state index contributed by atoms with van der Waals surface area (Å²) in [6.07, 6.45) is 0. The lowest BCUT2D eigenvalue weighted by atomic mass is 10.3. The maximum Gasteiger partial charge on any atom is 0.395 e. The summed E-state index contributed by atoms with van der Waals surface area (Å²) >= 11 is -0.147. The van der Waals surface area contributed by atoms with Crippen molar-refractivity contribution >= 4 is 28.8 Å². The van der Waals surface area contributed by atoms with Gasteiger partial charge in [-0.15, -0.1) is 0 Å². The van der Waals surface area contributed by atoms with E-state index in [1.165, 1.54) is 7.11 Å². The first-order valence-corrected chi connectivity index (χ1v) is 5.58. The molecule has 0 unspecified atom stereocenters. The van der Waals surface area contributed by atoms with Crippen LogP contribution in [0, 0.1) is 0 Å². The maximum atomic E-state index is 13.0. The third-order valence-electron chi connectivity index (χ3n) is 2.14. The number of nitrogens with one attached hydrogen (secondary N) is 1. The van der Waals surface area contributed by atoms with E-state index in [1.807, 2.05) is 0 Å². The molecule has 1 aromatic carbocycles. The van der Waals surface area contributed by atoms with Crippen molar-refractivity contribution in [2.24, 2.45) is 0 Å². The van der Waals surface area contributed by atoms with Gasteiger partial charge in [-0.3, -0.25) is 0 Å². The van der Waals surface area contributed by atoms with Gasteiger partial charge in [-0.05, 0) is 23.9 Å². The van der Waals surface area contributed by atoms with Crippen molar-refractivity contribution in [2.45, 2.75) is 10.4 Å². The summed E-state index contributed by atoms with van der Waals surface area (Å²) in [5.41, 5.74) is 0.956. The van der Waals surface area contributed by atoms with Crippen LogP contribution in [-0.2, 0) is 4.79 Å². The molecule has 5 nitrogen and oxygen atoms in total. The number of methoxy groups -OCH3 is 1. The van der Waals surface area contributed by atoms with Crippen LogP contribution in [-0.4, -0.2) is 33.4 Å². The van der Waals surface area contributed by atoms with Crippen molar-refractivity contribution in [3.05, 3.63) is 18.2 Å². The van der Waals surface area contributed by atoms with Gasteiger partial charge in [0.05, 0.1) is 18.1 Å². The average molecular weight is 274 g/mol. The normalized spacial score (nSPS) is 11.7. The summed E-state index contributed by atoms with van der Waals surface area (Å²) in [6.45, 7) is 0. The van der Waals surface area contributed by atoms with Gasteiger partial charge in [0.25, 0.3) is 0 Å². The quantitative estimate of drug-likeness (QED) is 0.837. The van der Waals surface area contributed by atoms with Crippen molar-refractivity contribution in [1.82, 2.24) is 9.97 Å². The Morgan fingerprint density at radius 2 is 2.28 bits per heavy atom. The van der Waals surface area contributed by atoms with E-state index in [-0.39, 0.29) is 16.9 Å². The molecule has 0 saturated heterocycles. The highest BCUT2D eigenvalue weighted by Crippen LogP contribution is 2.35. The molecule has 0 amide bonds. The van der Waals surface area contributed by atoms with Crippen LogP contribution < -0.4 is 4.74 Å². The van der Waals surface area contributed by atoms with Gasteiger partial charge in [-0.25, -0.2) is 9.78 Å². The van der Waals surface area contributed by atoms with Gasteiger partial charge < -0.3 is 14.8 Å². The maximum absolute atomic E-state index is 13.0. The fourth-order valence-corrected chi connectivity index (χ4v) is 1.94. The van der Waals surface area contributed by atoms with E-state index in [4.69, 9.17) is 9.84 Å². The van der Waals surface area contributed by atoms with Gasteiger partial charge in [-0.1, -0.05) is 0 Å². The average Bonchev–Trinajstić information content (AvgIpc) is 2.68. The molecule has 0 bridgehead atoms. The highest BCUT2D eigenvalue weighted by molar-refractivity contribution is 8.00. The predicted octanol–water partition coefficient (Wildman–Crippen LogP) is 2.34. The highest BCUT2D eigenvalue weighted by Gasteiger charge is 2.41. The molecular formula is C10H8F2N2O3S. The minimum atomic E-state index is -3.92. The van der Waals surface area contributed by atoms with Crippen LogP contribution in [0.1, 0.15) is 0 Å². The number of aromatic nitrogens is 2. The largest absolute Gasteiger partial charge is 0.497 e. The Kier molecular flexibility index (Phi) is 3.12. The molecule has 0 aliphatic rings. The summed E-state index contributed by atoms with van der Waals surface area (Å²) in [7, 11) is 1.48. The van der Waals surface area contributed by atoms with Gasteiger partial charge in [0, 0.05) is 6.07 Å². The number of hydrogen-bond donors (Lipinski definition) is 2.